The molecule has 25 heavy (non-hydrogen) atoms. The summed E-state index contributed by atoms with van der Waals surface area (Å²) in [4.78, 5) is 14.6. The quantitative estimate of drug-likeness (QED) is 0.898. The zero-order chi connectivity index (χ0) is 17.6. The second kappa shape index (κ2) is 8.54. The van der Waals surface area contributed by atoms with Crippen LogP contribution in [0.3, 0.4) is 0 Å². The molecule has 6 heteroatoms. The van der Waals surface area contributed by atoms with Crippen molar-refractivity contribution in [2.45, 2.75) is 37.9 Å². The van der Waals surface area contributed by atoms with Gasteiger partial charge in [-0.05, 0) is 31.4 Å². The highest BCUT2D eigenvalue weighted by Gasteiger charge is 2.32. The number of benzene rings is 1. The highest BCUT2D eigenvalue weighted by Crippen LogP contribution is 2.25. The van der Waals surface area contributed by atoms with Gasteiger partial charge in [-0.2, -0.15) is 0 Å². The Morgan fingerprint density at radius 3 is 2.64 bits per heavy atom. The Morgan fingerprint density at radius 1 is 1.16 bits per heavy atom. The maximum absolute atomic E-state index is 12.7. The number of hydrogen-bond acceptors (Lipinski definition) is 5. The van der Waals surface area contributed by atoms with Crippen LogP contribution in [0.2, 0.25) is 0 Å². The summed E-state index contributed by atoms with van der Waals surface area (Å²) >= 11 is 0. The highest BCUT2D eigenvalue weighted by molar-refractivity contribution is 5.79. The summed E-state index contributed by atoms with van der Waals surface area (Å²) in [6.07, 6.45) is 1.83. The predicted molar refractivity (Wildman–Crippen MR) is 92.8 cm³/mol. The molecule has 0 saturated carbocycles. The zero-order valence-electron chi connectivity index (χ0n) is 14.7. The zero-order valence-corrected chi connectivity index (χ0v) is 14.7. The normalized spacial score (nSPS) is 25.3. The first-order valence-electron chi connectivity index (χ1n) is 9.02. The summed E-state index contributed by atoms with van der Waals surface area (Å²) in [6, 6.07) is 7.37. The van der Waals surface area contributed by atoms with Crippen molar-refractivity contribution in [2.24, 2.45) is 5.92 Å². The van der Waals surface area contributed by atoms with Gasteiger partial charge < -0.3 is 24.2 Å². The SMILES string of the molecule is COc1cccc(O[C@H]2CCN(C(=O)C3CCOCC3)CC[C@@H]2O)c1. The molecule has 2 fully saturated rings. The van der Waals surface area contributed by atoms with Gasteiger partial charge in [0.1, 0.15) is 17.6 Å². The van der Waals surface area contributed by atoms with Crippen LogP contribution < -0.4 is 9.47 Å². The van der Waals surface area contributed by atoms with E-state index in [1.807, 2.05) is 29.2 Å². The van der Waals surface area contributed by atoms with Crippen LogP contribution >= 0.6 is 0 Å². The molecule has 0 spiro atoms. The smallest absolute Gasteiger partial charge is 0.225 e. The first-order chi connectivity index (χ1) is 12.2. The lowest BCUT2D eigenvalue weighted by Crippen LogP contribution is -2.39. The van der Waals surface area contributed by atoms with Crippen molar-refractivity contribution in [3.63, 3.8) is 0 Å². The first kappa shape index (κ1) is 18.0. The number of nitrogens with zero attached hydrogens (tertiary/aromatic N) is 1. The van der Waals surface area contributed by atoms with Gasteiger partial charge in [0.2, 0.25) is 5.91 Å². The summed E-state index contributed by atoms with van der Waals surface area (Å²) < 4.78 is 16.5. The molecular weight excluding hydrogens is 322 g/mol. The summed E-state index contributed by atoms with van der Waals surface area (Å²) in [5, 5.41) is 10.4. The molecule has 0 unspecified atom stereocenters. The van der Waals surface area contributed by atoms with E-state index in [0.717, 1.165) is 18.6 Å². The van der Waals surface area contributed by atoms with E-state index < -0.39 is 6.10 Å². The lowest BCUT2D eigenvalue weighted by Gasteiger charge is -2.28. The van der Waals surface area contributed by atoms with Gasteiger partial charge in [-0.3, -0.25) is 4.79 Å². The fourth-order valence-electron chi connectivity index (χ4n) is 3.47. The number of rotatable bonds is 4. The monoisotopic (exact) mass is 349 g/mol. The van der Waals surface area contributed by atoms with E-state index in [9.17, 15) is 9.90 Å². The van der Waals surface area contributed by atoms with Gasteiger partial charge in [-0.1, -0.05) is 6.07 Å². The van der Waals surface area contributed by atoms with Crippen molar-refractivity contribution in [2.75, 3.05) is 33.4 Å². The van der Waals surface area contributed by atoms with E-state index in [-0.39, 0.29) is 17.9 Å². The van der Waals surface area contributed by atoms with E-state index in [2.05, 4.69) is 0 Å². The van der Waals surface area contributed by atoms with Gasteiger partial charge in [-0.25, -0.2) is 0 Å². The van der Waals surface area contributed by atoms with Crippen molar-refractivity contribution < 1.29 is 24.1 Å². The summed E-state index contributed by atoms with van der Waals surface area (Å²) in [6.45, 7) is 2.51. The Hall–Kier alpha value is -1.79. The van der Waals surface area contributed by atoms with Gasteiger partial charge >= 0.3 is 0 Å². The van der Waals surface area contributed by atoms with Crippen molar-refractivity contribution in [1.29, 1.82) is 0 Å². The third kappa shape index (κ3) is 4.64. The van der Waals surface area contributed by atoms with E-state index in [4.69, 9.17) is 14.2 Å². The second-order valence-electron chi connectivity index (χ2n) is 6.69. The average Bonchev–Trinajstić information content (AvgIpc) is 2.84. The molecule has 1 amide bonds. The molecule has 0 aliphatic carbocycles. The van der Waals surface area contributed by atoms with Crippen LogP contribution in [0.1, 0.15) is 25.7 Å². The Bertz CT molecular complexity index is 573. The molecule has 3 rings (SSSR count). The molecule has 2 heterocycles. The number of ether oxygens (including phenoxy) is 3. The molecule has 0 bridgehead atoms. The Labute approximate surface area is 148 Å². The van der Waals surface area contributed by atoms with Crippen molar-refractivity contribution in [3.8, 4) is 11.5 Å². The van der Waals surface area contributed by atoms with Crippen LogP contribution in [0.25, 0.3) is 0 Å². The maximum Gasteiger partial charge on any atom is 0.225 e. The van der Waals surface area contributed by atoms with Crippen LogP contribution in [-0.2, 0) is 9.53 Å². The predicted octanol–water partition coefficient (Wildman–Crippen LogP) is 1.85. The number of aliphatic hydroxyl groups excluding tert-OH is 1. The summed E-state index contributed by atoms with van der Waals surface area (Å²) in [7, 11) is 1.61. The average molecular weight is 349 g/mol. The van der Waals surface area contributed by atoms with Gasteiger partial charge in [0.25, 0.3) is 0 Å². The summed E-state index contributed by atoms with van der Waals surface area (Å²) in [5.41, 5.74) is 0. The minimum absolute atomic E-state index is 0.0572. The molecule has 6 nitrogen and oxygen atoms in total. The van der Waals surface area contributed by atoms with E-state index in [1.165, 1.54) is 0 Å². The Morgan fingerprint density at radius 2 is 1.88 bits per heavy atom. The standard InChI is InChI=1S/C19H27NO5/c1-23-15-3-2-4-16(13-15)25-18-6-10-20(9-5-17(18)21)19(22)14-7-11-24-12-8-14/h2-4,13-14,17-18,21H,5-12H2,1H3/t17-,18-/m0/s1. The summed E-state index contributed by atoms with van der Waals surface area (Å²) in [5.74, 6) is 1.64. The van der Waals surface area contributed by atoms with Crippen LogP contribution in [0.5, 0.6) is 11.5 Å². The number of likely N-dealkylation sites (tertiary alicyclic amines) is 1. The second-order valence-corrected chi connectivity index (χ2v) is 6.69. The Balaban J connectivity index is 1.59. The number of carbonyl (C=O) groups excluding carboxylic acids is 1. The molecule has 0 radical (unpaired) electrons. The number of amides is 1. The minimum Gasteiger partial charge on any atom is -0.497 e. The van der Waals surface area contributed by atoms with Crippen molar-refractivity contribution in [1.82, 2.24) is 4.90 Å². The first-order valence-corrected chi connectivity index (χ1v) is 9.02. The largest absolute Gasteiger partial charge is 0.497 e. The topological polar surface area (TPSA) is 68.2 Å². The molecule has 2 aliphatic rings. The van der Waals surface area contributed by atoms with E-state index in [0.29, 0.717) is 44.9 Å². The Kier molecular flexibility index (Phi) is 6.15. The molecule has 1 aromatic rings. The maximum atomic E-state index is 12.7. The van der Waals surface area contributed by atoms with E-state index >= 15 is 0 Å². The number of aliphatic hydroxyl groups is 1. The molecule has 1 N–H and O–H groups in total. The lowest BCUT2D eigenvalue weighted by molar-refractivity contribution is -0.138. The number of methoxy groups -OCH3 is 1. The third-order valence-corrected chi connectivity index (χ3v) is 5.02. The third-order valence-electron chi connectivity index (χ3n) is 5.02. The van der Waals surface area contributed by atoms with Gasteiger partial charge in [-0.15, -0.1) is 0 Å². The fourth-order valence-corrected chi connectivity index (χ4v) is 3.47. The molecule has 2 atom stereocenters. The molecule has 2 saturated heterocycles. The van der Waals surface area contributed by atoms with Gasteiger partial charge in [0, 0.05) is 44.7 Å². The van der Waals surface area contributed by atoms with Crippen molar-refractivity contribution in [3.05, 3.63) is 24.3 Å². The number of carbonyl (C=O) groups is 1. The molecule has 0 aromatic heterocycles. The highest BCUT2D eigenvalue weighted by atomic mass is 16.5. The van der Waals surface area contributed by atoms with Crippen LogP contribution in [0.4, 0.5) is 0 Å². The van der Waals surface area contributed by atoms with Crippen molar-refractivity contribution >= 4 is 5.91 Å². The lowest BCUT2D eigenvalue weighted by atomic mass is 9.98. The minimum atomic E-state index is -0.585. The molecule has 2 aliphatic heterocycles. The molecule has 138 valence electrons. The van der Waals surface area contributed by atoms with Crippen LogP contribution in [-0.4, -0.2) is 61.5 Å². The van der Waals surface area contributed by atoms with Crippen LogP contribution in [0.15, 0.2) is 24.3 Å². The van der Waals surface area contributed by atoms with E-state index in [1.54, 1.807) is 7.11 Å². The van der Waals surface area contributed by atoms with Gasteiger partial charge in [0.05, 0.1) is 13.2 Å². The van der Waals surface area contributed by atoms with Crippen LogP contribution in [0, 0.1) is 5.92 Å². The molecule has 1 aromatic carbocycles. The van der Waals surface area contributed by atoms with Gasteiger partial charge in [0.15, 0.2) is 0 Å². The molecular formula is C19H27NO5. The number of hydrogen-bond donors (Lipinski definition) is 1. The fraction of sp³-hybridized carbons (Fsp3) is 0.632.